The number of allylic oxidation sites excluding steroid dienone is 5. The summed E-state index contributed by atoms with van der Waals surface area (Å²) >= 11 is 0. The summed E-state index contributed by atoms with van der Waals surface area (Å²) in [6.45, 7) is 4.83. The lowest BCUT2D eigenvalue weighted by Gasteiger charge is -2.25. The first-order chi connectivity index (χ1) is 33.5. The zero-order valence-corrected chi connectivity index (χ0v) is 47.5. The molecule has 0 aromatic carbocycles. The smallest absolute Gasteiger partial charge is 0.387 e. The first-order valence-corrected chi connectivity index (χ1v) is 31.4. The summed E-state index contributed by atoms with van der Waals surface area (Å²) in [5.74, 6) is -0.187. The third-order valence-electron chi connectivity index (χ3n) is 13.6. The fourth-order valence-electron chi connectivity index (χ4n) is 8.90. The number of aliphatic hydroxyl groups excluding tert-OH is 1. The van der Waals surface area contributed by atoms with Gasteiger partial charge in [-0.2, -0.15) is 0 Å². The quantitative estimate of drug-likeness (QED) is 0.0243. The maximum Gasteiger partial charge on any atom is 0.472 e. The highest BCUT2D eigenvalue weighted by Crippen LogP contribution is 2.43. The number of aliphatic hydroxyl groups is 1. The van der Waals surface area contributed by atoms with Gasteiger partial charge in [-0.15, -0.1) is 0 Å². The molecule has 0 bridgehead atoms. The SMILES string of the molecule is CCCCCCCCCCCCCCCCCCCCCC/C=C/CC/C=C/CC/C=C/C(O)C(COP(=O)(O)OCC[N+](C)(C)C)NC(=O)CCCCCCCCCCCCCCCCCCC. The number of phosphoric acid groups is 1. The molecule has 0 aromatic rings. The van der Waals surface area contributed by atoms with Crippen molar-refractivity contribution in [1.29, 1.82) is 0 Å². The van der Waals surface area contributed by atoms with Gasteiger partial charge in [-0.3, -0.25) is 13.8 Å². The Labute approximate surface area is 429 Å². The number of unbranched alkanes of at least 4 members (excludes halogenated alkanes) is 38. The lowest BCUT2D eigenvalue weighted by Crippen LogP contribution is -2.45. The summed E-state index contributed by atoms with van der Waals surface area (Å²) in [6.07, 6.45) is 66.9. The van der Waals surface area contributed by atoms with Crippen molar-refractivity contribution in [3.05, 3.63) is 36.5 Å². The molecule has 3 N–H and O–H groups in total. The minimum absolute atomic E-state index is 0.0551. The average Bonchev–Trinajstić information content (AvgIpc) is 3.31. The second-order valence-electron chi connectivity index (χ2n) is 21.7. The van der Waals surface area contributed by atoms with Crippen LogP contribution in [0, 0.1) is 0 Å². The lowest BCUT2D eigenvalue weighted by atomic mass is 10.0. The second-order valence-corrected chi connectivity index (χ2v) is 23.2. The second kappa shape index (κ2) is 51.6. The van der Waals surface area contributed by atoms with Crippen molar-refractivity contribution in [2.24, 2.45) is 0 Å². The Morgan fingerprint density at radius 3 is 1.16 bits per heavy atom. The fourth-order valence-corrected chi connectivity index (χ4v) is 9.64. The number of hydrogen-bond acceptors (Lipinski definition) is 5. The Morgan fingerprint density at radius 2 is 0.797 bits per heavy atom. The molecular formula is C60H118N2O6P+. The van der Waals surface area contributed by atoms with E-state index in [0.717, 1.165) is 44.9 Å². The molecule has 0 heterocycles. The zero-order valence-electron chi connectivity index (χ0n) is 46.6. The summed E-state index contributed by atoms with van der Waals surface area (Å²) in [6, 6.07) is -0.868. The normalized spacial score (nSPS) is 14.1. The predicted molar refractivity (Wildman–Crippen MR) is 300 cm³/mol. The predicted octanol–water partition coefficient (Wildman–Crippen LogP) is 18.2. The molecule has 0 rings (SSSR count). The molecule has 9 heteroatoms. The topological polar surface area (TPSA) is 105 Å². The number of nitrogens with zero attached hydrogens (tertiary/aromatic N) is 1. The van der Waals surface area contributed by atoms with E-state index in [4.69, 9.17) is 9.05 Å². The van der Waals surface area contributed by atoms with Crippen LogP contribution in [-0.2, 0) is 18.4 Å². The van der Waals surface area contributed by atoms with Crippen LogP contribution in [0.3, 0.4) is 0 Å². The number of nitrogens with one attached hydrogen (secondary N) is 1. The number of amides is 1. The molecule has 3 atom stereocenters. The van der Waals surface area contributed by atoms with E-state index < -0.39 is 20.0 Å². The summed E-state index contributed by atoms with van der Waals surface area (Å²) in [5.41, 5.74) is 0. The standard InChI is InChI=1S/C60H117N2O6P/c1-6-8-10-12-14-16-18-20-22-24-25-26-27-28-29-30-31-32-33-34-35-36-38-39-41-43-45-47-49-51-53-59(63)58(57-68-69(65,66)67-56-55-62(3,4)5)61-60(64)54-52-50-48-46-44-42-40-37-23-21-19-17-15-13-11-9-7-2/h36,38,43,45,51,53,58-59,63H,6-35,37,39-42,44,46-50,52,54-57H2,1-5H3,(H-,61,64,65,66)/p+1/b38-36+,45-43+,53-51+. The third-order valence-corrected chi connectivity index (χ3v) is 14.6. The van der Waals surface area contributed by atoms with E-state index in [1.54, 1.807) is 6.08 Å². The van der Waals surface area contributed by atoms with Crippen LogP contribution in [0.1, 0.15) is 290 Å². The average molecular weight is 995 g/mol. The molecule has 0 aromatic heterocycles. The van der Waals surface area contributed by atoms with Gasteiger partial charge < -0.3 is 19.8 Å². The maximum atomic E-state index is 13.0. The van der Waals surface area contributed by atoms with Crippen LogP contribution in [0.25, 0.3) is 0 Å². The molecule has 0 aliphatic heterocycles. The van der Waals surface area contributed by atoms with Gasteiger partial charge in [0.15, 0.2) is 0 Å². The van der Waals surface area contributed by atoms with Gasteiger partial charge in [0.2, 0.25) is 5.91 Å². The first kappa shape index (κ1) is 67.7. The van der Waals surface area contributed by atoms with Gasteiger partial charge in [0.1, 0.15) is 13.2 Å². The number of rotatable bonds is 55. The number of likely N-dealkylation sites (N-methyl/N-ethyl adjacent to an activating group) is 1. The van der Waals surface area contributed by atoms with E-state index in [1.807, 2.05) is 27.2 Å². The van der Waals surface area contributed by atoms with E-state index in [2.05, 4.69) is 43.5 Å². The van der Waals surface area contributed by atoms with Gasteiger partial charge in [-0.25, -0.2) is 4.57 Å². The Hall–Kier alpha value is -1.28. The van der Waals surface area contributed by atoms with Crippen molar-refractivity contribution in [3.63, 3.8) is 0 Å². The van der Waals surface area contributed by atoms with Crippen LogP contribution in [-0.4, -0.2) is 73.4 Å². The molecule has 0 spiro atoms. The number of phosphoric ester groups is 1. The van der Waals surface area contributed by atoms with Gasteiger partial charge >= 0.3 is 7.82 Å². The van der Waals surface area contributed by atoms with Crippen molar-refractivity contribution in [1.82, 2.24) is 5.32 Å². The highest BCUT2D eigenvalue weighted by Gasteiger charge is 2.27. The van der Waals surface area contributed by atoms with Crippen LogP contribution in [0.4, 0.5) is 0 Å². The van der Waals surface area contributed by atoms with Crippen molar-refractivity contribution >= 4 is 13.7 Å². The minimum atomic E-state index is -4.36. The molecule has 0 radical (unpaired) electrons. The molecule has 0 saturated carbocycles. The highest BCUT2D eigenvalue weighted by molar-refractivity contribution is 7.47. The summed E-state index contributed by atoms with van der Waals surface area (Å²) < 4.78 is 23.7. The molecule has 3 unspecified atom stereocenters. The zero-order chi connectivity index (χ0) is 50.6. The van der Waals surface area contributed by atoms with Crippen molar-refractivity contribution in [3.8, 4) is 0 Å². The Kier molecular flexibility index (Phi) is 50.7. The number of carbonyl (C=O) groups is 1. The van der Waals surface area contributed by atoms with Crippen LogP contribution in [0.5, 0.6) is 0 Å². The minimum Gasteiger partial charge on any atom is -0.387 e. The van der Waals surface area contributed by atoms with Crippen LogP contribution in [0.15, 0.2) is 36.5 Å². The van der Waals surface area contributed by atoms with Gasteiger partial charge in [-0.05, 0) is 44.9 Å². The highest BCUT2D eigenvalue weighted by atomic mass is 31.2. The van der Waals surface area contributed by atoms with E-state index in [1.165, 1.54) is 225 Å². The van der Waals surface area contributed by atoms with Crippen LogP contribution < -0.4 is 5.32 Å². The molecule has 0 saturated heterocycles. The number of hydrogen-bond donors (Lipinski definition) is 3. The lowest BCUT2D eigenvalue weighted by molar-refractivity contribution is -0.870. The third kappa shape index (κ3) is 54.3. The molecule has 1 amide bonds. The maximum absolute atomic E-state index is 13.0. The van der Waals surface area contributed by atoms with Gasteiger partial charge in [-0.1, -0.05) is 275 Å². The molecule has 0 aliphatic rings. The van der Waals surface area contributed by atoms with E-state index in [-0.39, 0.29) is 19.1 Å². The number of quaternary nitrogens is 1. The molecular weight excluding hydrogens is 876 g/mol. The molecule has 408 valence electrons. The molecule has 8 nitrogen and oxygen atoms in total. The van der Waals surface area contributed by atoms with Crippen LogP contribution >= 0.6 is 7.82 Å². The van der Waals surface area contributed by atoms with Crippen molar-refractivity contribution < 1.29 is 32.9 Å². The van der Waals surface area contributed by atoms with Crippen LogP contribution in [0.2, 0.25) is 0 Å². The Balaban J connectivity index is 4.20. The monoisotopic (exact) mass is 994 g/mol. The Bertz CT molecular complexity index is 1220. The largest absolute Gasteiger partial charge is 0.472 e. The Morgan fingerprint density at radius 1 is 0.478 bits per heavy atom. The first-order valence-electron chi connectivity index (χ1n) is 29.9. The van der Waals surface area contributed by atoms with E-state index in [0.29, 0.717) is 17.4 Å². The van der Waals surface area contributed by atoms with Crippen molar-refractivity contribution in [2.45, 2.75) is 302 Å². The molecule has 0 fully saturated rings. The van der Waals surface area contributed by atoms with Crippen molar-refractivity contribution in [2.75, 3.05) is 40.9 Å². The molecule has 0 aliphatic carbocycles. The summed E-state index contributed by atoms with van der Waals surface area (Å²) in [7, 11) is 1.56. The van der Waals surface area contributed by atoms with Gasteiger partial charge in [0, 0.05) is 6.42 Å². The fraction of sp³-hybridized carbons (Fsp3) is 0.883. The molecule has 69 heavy (non-hydrogen) atoms. The van der Waals surface area contributed by atoms with Gasteiger partial charge in [0.05, 0.1) is 39.9 Å². The van der Waals surface area contributed by atoms with E-state index in [9.17, 15) is 19.4 Å². The summed E-state index contributed by atoms with van der Waals surface area (Å²) in [4.78, 5) is 23.3. The van der Waals surface area contributed by atoms with Gasteiger partial charge in [0.25, 0.3) is 0 Å². The van der Waals surface area contributed by atoms with E-state index >= 15 is 0 Å². The summed E-state index contributed by atoms with van der Waals surface area (Å²) in [5, 5.41) is 13.9. The number of carbonyl (C=O) groups excluding carboxylic acids is 1.